The van der Waals surface area contributed by atoms with Crippen molar-refractivity contribution < 1.29 is 4.74 Å². The van der Waals surface area contributed by atoms with E-state index >= 15 is 0 Å². The fourth-order valence-electron chi connectivity index (χ4n) is 3.94. The number of piperidine rings is 1. The van der Waals surface area contributed by atoms with Crippen LogP contribution >= 0.6 is 0 Å². The highest BCUT2D eigenvalue weighted by Gasteiger charge is 2.20. The first-order chi connectivity index (χ1) is 12.1. The Kier molecular flexibility index (Phi) is 6.14. The highest BCUT2D eigenvalue weighted by Crippen LogP contribution is 2.23. The topological polar surface area (TPSA) is 12.5 Å². The van der Waals surface area contributed by atoms with E-state index in [1.54, 1.807) is 0 Å². The van der Waals surface area contributed by atoms with Gasteiger partial charge in [-0.1, -0.05) is 55.8 Å². The minimum atomic E-state index is 0.795. The van der Waals surface area contributed by atoms with Crippen molar-refractivity contribution >= 4 is 0 Å². The van der Waals surface area contributed by atoms with Crippen LogP contribution < -0.4 is 4.74 Å². The van der Waals surface area contributed by atoms with E-state index in [1.165, 1.54) is 36.2 Å². The molecular formula is C23H31NO. The molecule has 0 amide bonds. The van der Waals surface area contributed by atoms with Crippen LogP contribution in [0.4, 0.5) is 0 Å². The second kappa shape index (κ2) is 8.53. The Balaban J connectivity index is 1.43. The molecule has 2 nitrogen and oxygen atoms in total. The fourth-order valence-corrected chi connectivity index (χ4v) is 3.94. The van der Waals surface area contributed by atoms with Crippen LogP contribution in [0.25, 0.3) is 11.1 Å². The molecule has 0 aromatic heterocycles. The highest BCUT2D eigenvalue weighted by atomic mass is 16.5. The number of rotatable bonds is 6. The number of benzene rings is 2. The van der Waals surface area contributed by atoms with Crippen molar-refractivity contribution in [1.82, 2.24) is 4.90 Å². The van der Waals surface area contributed by atoms with Crippen LogP contribution in [0.5, 0.6) is 5.75 Å². The van der Waals surface area contributed by atoms with Crippen LogP contribution in [0.2, 0.25) is 0 Å². The molecule has 0 bridgehead atoms. The molecule has 0 aliphatic carbocycles. The van der Waals surface area contributed by atoms with Gasteiger partial charge in [-0.3, -0.25) is 0 Å². The molecule has 1 fully saturated rings. The van der Waals surface area contributed by atoms with Crippen LogP contribution in [0, 0.1) is 18.8 Å². The quantitative estimate of drug-likeness (QED) is 0.654. The molecular weight excluding hydrogens is 306 g/mol. The first kappa shape index (κ1) is 18.0. The number of hydrogen-bond donors (Lipinski definition) is 0. The van der Waals surface area contributed by atoms with Gasteiger partial charge < -0.3 is 9.64 Å². The predicted molar refractivity (Wildman–Crippen MR) is 106 cm³/mol. The maximum atomic E-state index is 5.93. The molecule has 0 radical (unpaired) electrons. The number of likely N-dealkylation sites (tertiary alicyclic amines) is 1. The lowest BCUT2D eigenvalue weighted by Gasteiger charge is -2.34. The summed E-state index contributed by atoms with van der Waals surface area (Å²) < 4.78 is 5.93. The van der Waals surface area contributed by atoms with Crippen molar-refractivity contribution in [1.29, 1.82) is 0 Å². The van der Waals surface area contributed by atoms with Gasteiger partial charge in [-0.25, -0.2) is 0 Å². The number of aryl methyl sites for hydroxylation is 1. The molecule has 1 aliphatic rings. The summed E-state index contributed by atoms with van der Waals surface area (Å²) in [4.78, 5) is 2.60. The second-order valence-electron chi connectivity index (χ2n) is 7.80. The molecule has 0 unspecified atom stereocenters. The zero-order valence-electron chi connectivity index (χ0n) is 15.9. The van der Waals surface area contributed by atoms with Crippen LogP contribution in [0.1, 0.15) is 32.3 Å². The van der Waals surface area contributed by atoms with Gasteiger partial charge in [0, 0.05) is 19.6 Å². The number of ether oxygens (including phenoxy) is 1. The third-order valence-corrected chi connectivity index (χ3v) is 5.07. The standard InChI is InChI=1S/C23H31NO/c1-18-5-7-21(8-6-18)22-9-11-23(12-10-22)25-14-4-13-24-16-19(2)15-20(3)17-24/h5-12,19-20H,4,13-17H2,1-3H3/t19-,20-/m1/s1. The Morgan fingerprint density at radius 3 is 2.04 bits per heavy atom. The summed E-state index contributed by atoms with van der Waals surface area (Å²) in [7, 11) is 0. The van der Waals surface area contributed by atoms with E-state index < -0.39 is 0 Å². The monoisotopic (exact) mass is 337 g/mol. The van der Waals surface area contributed by atoms with Crippen molar-refractivity contribution in [3.63, 3.8) is 0 Å². The molecule has 2 atom stereocenters. The van der Waals surface area contributed by atoms with Gasteiger partial charge in [-0.15, -0.1) is 0 Å². The Morgan fingerprint density at radius 2 is 1.44 bits per heavy atom. The van der Waals surface area contributed by atoms with E-state index in [-0.39, 0.29) is 0 Å². The Hall–Kier alpha value is -1.80. The molecule has 0 spiro atoms. The minimum absolute atomic E-state index is 0.795. The molecule has 1 aliphatic heterocycles. The van der Waals surface area contributed by atoms with E-state index in [2.05, 4.69) is 74.2 Å². The number of nitrogens with zero attached hydrogens (tertiary/aromatic N) is 1. The SMILES string of the molecule is Cc1ccc(-c2ccc(OCCCN3C[C@H](C)C[C@@H](C)C3)cc2)cc1. The van der Waals surface area contributed by atoms with Gasteiger partial charge >= 0.3 is 0 Å². The summed E-state index contributed by atoms with van der Waals surface area (Å²) in [5.74, 6) is 2.63. The van der Waals surface area contributed by atoms with Crippen molar-refractivity contribution in [2.24, 2.45) is 11.8 Å². The molecule has 1 saturated heterocycles. The highest BCUT2D eigenvalue weighted by molar-refractivity contribution is 5.64. The van der Waals surface area contributed by atoms with Gasteiger partial charge in [0.05, 0.1) is 6.61 Å². The molecule has 3 rings (SSSR count). The summed E-state index contributed by atoms with van der Waals surface area (Å²) in [5.41, 5.74) is 3.79. The molecule has 1 heterocycles. The zero-order chi connectivity index (χ0) is 17.6. The maximum absolute atomic E-state index is 5.93. The normalized spacial score (nSPS) is 21.2. The van der Waals surface area contributed by atoms with Gasteiger partial charge in [0.2, 0.25) is 0 Å². The van der Waals surface area contributed by atoms with Crippen molar-refractivity contribution in [2.45, 2.75) is 33.6 Å². The van der Waals surface area contributed by atoms with Crippen LogP contribution in [0.15, 0.2) is 48.5 Å². The Bertz CT molecular complexity index is 637. The zero-order valence-corrected chi connectivity index (χ0v) is 15.9. The minimum Gasteiger partial charge on any atom is -0.494 e. The number of hydrogen-bond acceptors (Lipinski definition) is 2. The van der Waals surface area contributed by atoms with Crippen molar-refractivity contribution in [3.8, 4) is 16.9 Å². The van der Waals surface area contributed by atoms with Crippen molar-refractivity contribution in [2.75, 3.05) is 26.2 Å². The first-order valence-corrected chi connectivity index (χ1v) is 9.62. The third-order valence-electron chi connectivity index (χ3n) is 5.07. The lowest BCUT2D eigenvalue weighted by molar-refractivity contribution is 0.132. The Labute approximate surface area is 152 Å². The lowest BCUT2D eigenvalue weighted by Crippen LogP contribution is -2.39. The fraction of sp³-hybridized carbons (Fsp3) is 0.478. The Morgan fingerprint density at radius 1 is 0.880 bits per heavy atom. The summed E-state index contributed by atoms with van der Waals surface area (Å²) in [6.07, 6.45) is 2.47. The molecule has 0 saturated carbocycles. The molecule has 2 aromatic rings. The average Bonchev–Trinajstić information content (AvgIpc) is 2.59. The summed E-state index contributed by atoms with van der Waals surface area (Å²) in [6, 6.07) is 17.1. The van der Waals surface area contributed by atoms with Gasteiger partial charge in [-0.2, -0.15) is 0 Å². The summed E-state index contributed by atoms with van der Waals surface area (Å²) in [6.45, 7) is 11.3. The second-order valence-corrected chi connectivity index (χ2v) is 7.80. The lowest BCUT2D eigenvalue weighted by atomic mass is 9.92. The van der Waals surface area contributed by atoms with Gasteiger partial charge in [0.15, 0.2) is 0 Å². The van der Waals surface area contributed by atoms with E-state index in [0.717, 1.165) is 37.2 Å². The maximum Gasteiger partial charge on any atom is 0.119 e. The van der Waals surface area contributed by atoms with Gasteiger partial charge in [0.1, 0.15) is 5.75 Å². The van der Waals surface area contributed by atoms with Gasteiger partial charge in [-0.05, 0) is 54.9 Å². The van der Waals surface area contributed by atoms with Crippen LogP contribution in [-0.2, 0) is 0 Å². The molecule has 2 aromatic carbocycles. The largest absolute Gasteiger partial charge is 0.494 e. The molecule has 2 heteroatoms. The van der Waals surface area contributed by atoms with Crippen LogP contribution in [-0.4, -0.2) is 31.1 Å². The third kappa shape index (κ3) is 5.34. The average molecular weight is 338 g/mol. The van der Waals surface area contributed by atoms with E-state index in [1.807, 2.05) is 0 Å². The summed E-state index contributed by atoms with van der Waals surface area (Å²) >= 11 is 0. The van der Waals surface area contributed by atoms with Crippen molar-refractivity contribution in [3.05, 3.63) is 54.1 Å². The van der Waals surface area contributed by atoms with E-state index in [4.69, 9.17) is 4.74 Å². The van der Waals surface area contributed by atoms with Crippen LogP contribution in [0.3, 0.4) is 0 Å². The van der Waals surface area contributed by atoms with E-state index in [9.17, 15) is 0 Å². The van der Waals surface area contributed by atoms with E-state index in [0.29, 0.717) is 0 Å². The predicted octanol–water partition coefficient (Wildman–Crippen LogP) is 5.41. The van der Waals surface area contributed by atoms with Gasteiger partial charge in [0.25, 0.3) is 0 Å². The smallest absolute Gasteiger partial charge is 0.119 e. The first-order valence-electron chi connectivity index (χ1n) is 9.62. The molecule has 0 N–H and O–H groups in total. The summed E-state index contributed by atoms with van der Waals surface area (Å²) in [5, 5.41) is 0. The molecule has 25 heavy (non-hydrogen) atoms. The molecule has 134 valence electrons.